The summed E-state index contributed by atoms with van der Waals surface area (Å²) in [4.78, 5) is 13.3. The minimum atomic E-state index is -1.40. The van der Waals surface area contributed by atoms with Gasteiger partial charge in [0, 0.05) is 13.1 Å². The Balaban J connectivity index is 2.37. The van der Waals surface area contributed by atoms with Crippen LogP contribution in [0.15, 0.2) is 0 Å². The summed E-state index contributed by atoms with van der Waals surface area (Å²) in [6, 6.07) is 0. The van der Waals surface area contributed by atoms with Crippen LogP contribution in [-0.2, 0) is 9.53 Å². The molecule has 0 aliphatic heterocycles. The predicted octanol–water partition coefficient (Wildman–Crippen LogP) is 1.03. The van der Waals surface area contributed by atoms with Gasteiger partial charge in [-0.2, -0.15) is 0 Å². The van der Waals surface area contributed by atoms with Crippen molar-refractivity contribution in [1.29, 1.82) is 0 Å². The minimum absolute atomic E-state index is 0.330. The second-order valence-electron chi connectivity index (χ2n) is 5.11. The SMILES string of the molecule is COC(=O)C(C)(O)CN(C)CC1CCCC1. The van der Waals surface area contributed by atoms with Crippen LogP contribution in [0.5, 0.6) is 0 Å². The van der Waals surface area contributed by atoms with Gasteiger partial charge in [0.05, 0.1) is 7.11 Å². The highest BCUT2D eigenvalue weighted by Crippen LogP contribution is 2.25. The van der Waals surface area contributed by atoms with Crippen molar-refractivity contribution in [1.82, 2.24) is 4.90 Å². The number of hydrogen-bond acceptors (Lipinski definition) is 4. The Morgan fingerprint density at radius 2 is 2.06 bits per heavy atom. The number of carbonyl (C=O) groups is 1. The first-order valence-electron chi connectivity index (χ1n) is 5.95. The maximum Gasteiger partial charge on any atom is 0.338 e. The number of ether oxygens (including phenoxy) is 1. The number of likely N-dealkylation sites (N-methyl/N-ethyl adjacent to an activating group) is 1. The molecule has 1 unspecified atom stereocenters. The Bertz CT molecular complexity index is 234. The maximum absolute atomic E-state index is 11.3. The molecule has 1 atom stereocenters. The molecule has 0 amide bonds. The Morgan fingerprint density at radius 3 is 2.56 bits per heavy atom. The van der Waals surface area contributed by atoms with Crippen LogP contribution in [0.3, 0.4) is 0 Å². The first kappa shape index (κ1) is 13.5. The van der Waals surface area contributed by atoms with E-state index in [-0.39, 0.29) is 0 Å². The summed E-state index contributed by atoms with van der Waals surface area (Å²) >= 11 is 0. The van der Waals surface area contributed by atoms with Crippen LogP contribution in [0.1, 0.15) is 32.6 Å². The van der Waals surface area contributed by atoms with Crippen LogP contribution < -0.4 is 0 Å². The zero-order valence-corrected chi connectivity index (χ0v) is 10.5. The third kappa shape index (κ3) is 3.76. The quantitative estimate of drug-likeness (QED) is 0.715. The van der Waals surface area contributed by atoms with E-state index in [2.05, 4.69) is 4.74 Å². The molecule has 1 aliphatic carbocycles. The molecule has 0 aromatic heterocycles. The van der Waals surface area contributed by atoms with E-state index in [1.807, 2.05) is 11.9 Å². The van der Waals surface area contributed by atoms with Gasteiger partial charge in [-0.05, 0) is 32.7 Å². The average Bonchev–Trinajstić information content (AvgIpc) is 2.67. The van der Waals surface area contributed by atoms with Crippen molar-refractivity contribution in [2.75, 3.05) is 27.2 Å². The molecule has 1 fully saturated rings. The molecule has 1 aliphatic rings. The molecule has 0 saturated heterocycles. The van der Waals surface area contributed by atoms with E-state index >= 15 is 0 Å². The van der Waals surface area contributed by atoms with E-state index in [0.29, 0.717) is 6.54 Å². The predicted molar refractivity (Wildman–Crippen MR) is 62.1 cm³/mol. The fourth-order valence-corrected chi connectivity index (χ4v) is 2.51. The molecule has 1 saturated carbocycles. The van der Waals surface area contributed by atoms with E-state index in [9.17, 15) is 9.90 Å². The Labute approximate surface area is 97.6 Å². The standard InChI is InChI=1S/C12H23NO3/c1-12(15,11(14)16-3)9-13(2)8-10-6-4-5-7-10/h10,15H,4-9H2,1-3H3. The van der Waals surface area contributed by atoms with Crippen molar-refractivity contribution in [3.05, 3.63) is 0 Å². The van der Waals surface area contributed by atoms with Gasteiger partial charge in [-0.15, -0.1) is 0 Å². The highest BCUT2D eigenvalue weighted by molar-refractivity contribution is 5.78. The fraction of sp³-hybridized carbons (Fsp3) is 0.917. The molecule has 0 spiro atoms. The lowest BCUT2D eigenvalue weighted by Gasteiger charge is -2.28. The summed E-state index contributed by atoms with van der Waals surface area (Å²) in [5, 5.41) is 9.91. The lowest BCUT2D eigenvalue weighted by Crippen LogP contribution is -2.47. The molecule has 1 rings (SSSR count). The van der Waals surface area contributed by atoms with E-state index in [1.165, 1.54) is 39.7 Å². The van der Waals surface area contributed by atoms with Crippen molar-refractivity contribution in [3.63, 3.8) is 0 Å². The molecular weight excluding hydrogens is 206 g/mol. The van der Waals surface area contributed by atoms with E-state index < -0.39 is 11.6 Å². The summed E-state index contributed by atoms with van der Waals surface area (Å²) in [6.45, 7) is 2.79. The Kier molecular flexibility index (Phi) is 4.74. The molecule has 4 heteroatoms. The van der Waals surface area contributed by atoms with Crippen LogP contribution in [-0.4, -0.2) is 48.8 Å². The van der Waals surface area contributed by atoms with Crippen molar-refractivity contribution in [2.45, 2.75) is 38.2 Å². The van der Waals surface area contributed by atoms with Gasteiger partial charge in [-0.1, -0.05) is 12.8 Å². The smallest absolute Gasteiger partial charge is 0.338 e. The first-order valence-corrected chi connectivity index (χ1v) is 5.95. The van der Waals surface area contributed by atoms with Crippen molar-refractivity contribution < 1.29 is 14.6 Å². The Morgan fingerprint density at radius 1 is 1.50 bits per heavy atom. The molecule has 0 bridgehead atoms. The third-order valence-corrected chi connectivity index (χ3v) is 3.25. The third-order valence-electron chi connectivity index (χ3n) is 3.25. The number of rotatable bonds is 5. The number of esters is 1. The van der Waals surface area contributed by atoms with Crippen LogP contribution in [0, 0.1) is 5.92 Å². The summed E-state index contributed by atoms with van der Waals surface area (Å²) in [7, 11) is 3.24. The number of nitrogens with zero attached hydrogens (tertiary/aromatic N) is 1. The van der Waals surface area contributed by atoms with E-state index in [4.69, 9.17) is 0 Å². The van der Waals surface area contributed by atoms with Gasteiger partial charge in [0.1, 0.15) is 0 Å². The number of aliphatic hydroxyl groups is 1. The summed E-state index contributed by atoms with van der Waals surface area (Å²) in [6.07, 6.45) is 5.16. The van der Waals surface area contributed by atoms with E-state index in [0.717, 1.165) is 12.5 Å². The average molecular weight is 229 g/mol. The molecule has 94 valence electrons. The van der Waals surface area contributed by atoms with Crippen molar-refractivity contribution in [3.8, 4) is 0 Å². The van der Waals surface area contributed by atoms with Crippen molar-refractivity contribution >= 4 is 5.97 Å². The second-order valence-corrected chi connectivity index (χ2v) is 5.11. The Hall–Kier alpha value is -0.610. The van der Waals surface area contributed by atoms with Crippen LogP contribution in [0.2, 0.25) is 0 Å². The largest absolute Gasteiger partial charge is 0.467 e. The molecule has 0 radical (unpaired) electrons. The van der Waals surface area contributed by atoms with Crippen LogP contribution in [0.4, 0.5) is 0 Å². The molecule has 0 aromatic carbocycles. The number of hydrogen-bond donors (Lipinski definition) is 1. The summed E-state index contributed by atoms with van der Waals surface area (Å²) in [5.41, 5.74) is -1.40. The van der Waals surface area contributed by atoms with Gasteiger partial charge >= 0.3 is 5.97 Å². The number of methoxy groups -OCH3 is 1. The maximum atomic E-state index is 11.3. The summed E-state index contributed by atoms with van der Waals surface area (Å²) < 4.78 is 4.57. The van der Waals surface area contributed by atoms with Gasteiger partial charge in [0.15, 0.2) is 5.60 Å². The molecule has 1 N–H and O–H groups in total. The first-order chi connectivity index (χ1) is 7.45. The van der Waals surface area contributed by atoms with Crippen LogP contribution >= 0.6 is 0 Å². The highest BCUT2D eigenvalue weighted by Gasteiger charge is 2.33. The fourth-order valence-electron chi connectivity index (χ4n) is 2.51. The number of carbonyl (C=O) groups excluding carboxylic acids is 1. The molecule has 0 heterocycles. The zero-order chi connectivity index (χ0) is 12.2. The topological polar surface area (TPSA) is 49.8 Å². The van der Waals surface area contributed by atoms with E-state index in [1.54, 1.807) is 0 Å². The summed E-state index contributed by atoms with van der Waals surface area (Å²) in [5.74, 6) is 0.157. The van der Waals surface area contributed by atoms with Crippen LogP contribution in [0.25, 0.3) is 0 Å². The van der Waals surface area contributed by atoms with Gasteiger partial charge < -0.3 is 14.7 Å². The van der Waals surface area contributed by atoms with Gasteiger partial charge in [0.2, 0.25) is 0 Å². The molecule has 16 heavy (non-hydrogen) atoms. The molecule has 0 aromatic rings. The molecular formula is C12H23NO3. The van der Waals surface area contributed by atoms with Crippen molar-refractivity contribution in [2.24, 2.45) is 5.92 Å². The second kappa shape index (κ2) is 5.64. The van der Waals surface area contributed by atoms with Gasteiger partial charge in [-0.25, -0.2) is 4.79 Å². The van der Waals surface area contributed by atoms with Gasteiger partial charge in [-0.3, -0.25) is 0 Å². The van der Waals surface area contributed by atoms with Gasteiger partial charge in [0.25, 0.3) is 0 Å². The lowest BCUT2D eigenvalue weighted by molar-refractivity contribution is -0.162. The molecule has 4 nitrogen and oxygen atoms in total. The monoisotopic (exact) mass is 229 g/mol. The minimum Gasteiger partial charge on any atom is -0.467 e. The highest BCUT2D eigenvalue weighted by atomic mass is 16.5. The lowest BCUT2D eigenvalue weighted by atomic mass is 10.0. The normalized spacial score (nSPS) is 21.1. The zero-order valence-electron chi connectivity index (χ0n) is 10.5.